The third-order valence-corrected chi connectivity index (χ3v) is 3.59. The monoisotopic (exact) mass is 205 g/mol. The van der Waals surface area contributed by atoms with Gasteiger partial charge in [0.25, 0.3) is 0 Å². The lowest BCUT2D eigenvalue weighted by atomic mass is 9.79. The molecule has 3 rings (SSSR count). The number of hydrogen-bond acceptors (Lipinski definition) is 2. The molecule has 15 heavy (non-hydrogen) atoms. The van der Waals surface area contributed by atoms with E-state index in [0.29, 0.717) is 18.3 Å². The Kier molecular flexibility index (Phi) is 1.84. The van der Waals surface area contributed by atoms with Crippen molar-refractivity contribution in [3.63, 3.8) is 0 Å². The lowest BCUT2D eigenvalue weighted by Crippen LogP contribution is -2.22. The first-order valence-corrected chi connectivity index (χ1v) is 5.63. The minimum atomic E-state index is 0.0849. The van der Waals surface area contributed by atoms with Gasteiger partial charge in [0.15, 0.2) is 5.82 Å². The Labute approximate surface area is 88.4 Å². The maximum atomic E-state index is 11.3. The number of carbonyl (C=O) groups is 1. The van der Waals surface area contributed by atoms with Crippen LogP contribution in [0, 0.1) is 0 Å². The van der Waals surface area contributed by atoms with Gasteiger partial charge in [0.2, 0.25) is 5.91 Å². The van der Waals surface area contributed by atoms with Crippen molar-refractivity contribution in [2.75, 3.05) is 5.32 Å². The van der Waals surface area contributed by atoms with Gasteiger partial charge in [-0.3, -0.25) is 9.89 Å². The van der Waals surface area contributed by atoms with Crippen LogP contribution in [-0.2, 0) is 4.79 Å². The van der Waals surface area contributed by atoms with Crippen LogP contribution in [0.1, 0.15) is 55.7 Å². The van der Waals surface area contributed by atoms with Crippen molar-refractivity contribution in [3.8, 4) is 0 Å². The third kappa shape index (κ3) is 1.28. The van der Waals surface area contributed by atoms with E-state index in [1.54, 1.807) is 0 Å². The van der Waals surface area contributed by atoms with E-state index in [9.17, 15) is 4.79 Å². The number of aromatic amines is 1. The first-order chi connectivity index (χ1) is 7.25. The summed E-state index contributed by atoms with van der Waals surface area (Å²) < 4.78 is 0. The van der Waals surface area contributed by atoms with E-state index in [1.165, 1.54) is 30.5 Å². The summed E-state index contributed by atoms with van der Waals surface area (Å²) >= 11 is 0. The second kappa shape index (κ2) is 3.08. The molecule has 1 aliphatic heterocycles. The smallest absolute Gasteiger partial charge is 0.226 e. The maximum absolute atomic E-state index is 11.3. The van der Waals surface area contributed by atoms with Crippen LogP contribution in [0.25, 0.3) is 0 Å². The van der Waals surface area contributed by atoms with Crippen molar-refractivity contribution in [2.24, 2.45) is 0 Å². The topological polar surface area (TPSA) is 57.8 Å². The Balaban J connectivity index is 2.01. The first-order valence-electron chi connectivity index (χ1n) is 5.63. The molecule has 1 aromatic rings. The number of anilines is 1. The minimum Gasteiger partial charge on any atom is -0.309 e. The summed E-state index contributed by atoms with van der Waals surface area (Å²) in [5, 5.41) is 10.1. The maximum Gasteiger partial charge on any atom is 0.226 e. The van der Waals surface area contributed by atoms with E-state index in [-0.39, 0.29) is 5.91 Å². The average molecular weight is 205 g/mol. The number of aromatic nitrogens is 2. The number of carbonyl (C=O) groups excluding carboxylic acids is 1. The van der Waals surface area contributed by atoms with Gasteiger partial charge in [-0.05, 0) is 18.8 Å². The van der Waals surface area contributed by atoms with Gasteiger partial charge in [-0.1, -0.05) is 13.3 Å². The molecule has 4 heteroatoms. The van der Waals surface area contributed by atoms with E-state index >= 15 is 0 Å². The van der Waals surface area contributed by atoms with E-state index in [1.807, 2.05) is 0 Å². The zero-order valence-corrected chi connectivity index (χ0v) is 8.84. The van der Waals surface area contributed by atoms with Gasteiger partial charge >= 0.3 is 0 Å². The fourth-order valence-corrected chi connectivity index (χ4v) is 2.53. The van der Waals surface area contributed by atoms with Gasteiger partial charge in [0.05, 0.1) is 0 Å². The molecular weight excluding hydrogens is 190 g/mol. The summed E-state index contributed by atoms with van der Waals surface area (Å²) in [5.41, 5.74) is 2.52. The van der Waals surface area contributed by atoms with Gasteiger partial charge in [-0.2, -0.15) is 5.10 Å². The predicted octanol–water partition coefficient (Wildman–Crippen LogP) is 2.12. The largest absolute Gasteiger partial charge is 0.309 e. The highest BCUT2D eigenvalue weighted by Gasteiger charge is 2.32. The summed E-state index contributed by atoms with van der Waals surface area (Å²) in [4.78, 5) is 11.3. The van der Waals surface area contributed by atoms with Crippen LogP contribution in [0.5, 0.6) is 0 Å². The fraction of sp³-hybridized carbons (Fsp3) is 0.636. The number of amides is 1. The molecule has 0 unspecified atom stereocenters. The van der Waals surface area contributed by atoms with E-state index in [4.69, 9.17) is 0 Å². The lowest BCUT2D eigenvalue weighted by molar-refractivity contribution is -0.116. The Morgan fingerprint density at radius 1 is 1.40 bits per heavy atom. The second-order valence-corrected chi connectivity index (χ2v) is 4.68. The molecule has 1 fully saturated rings. The molecule has 1 aromatic heterocycles. The van der Waals surface area contributed by atoms with Crippen LogP contribution in [-0.4, -0.2) is 16.1 Å². The van der Waals surface area contributed by atoms with Crippen LogP contribution < -0.4 is 5.32 Å². The Morgan fingerprint density at radius 3 is 2.87 bits per heavy atom. The van der Waals surface area contributed by atoms with E-state index in [2.05, 4.69) is 22.4 Å². The highest BCUT2D eigenvalue weighted by molar-refractivity contribution is 5.93. The van der Waals surface area contributed by atoms with Gasteiger partial charge in [-0.25, -0.2) is 0 Å². The van der Waals surface area contributed by atoms with Crippen molar-refractivity contribution in [1.29, 1.82) is 0 Å². The number of fused-ring (bicyclic) bond motifs is 1. The van der Waals surface area contributed by atoms with Crippen molar-refractivity contribution in [1.82, 2.24) is 10.2 Å². The Hall–Kier alpha value is -1.32. The van der Waals surface area contributed by atoms with Crippen molar-refractivity contribution in [3.05, 3.63) is 11.3 Å². The molecule has 2 aliphatic rings. The predicted molar refractivity (Wildman–Crippen MR) is 56.8 cm³/mol. The van der Waals surface area contributed by atoms with E-state index < -0.39 is 0 Å². The molecule has 80 valence electrons. The van der Waals surface area contributed by atoms with Crippen LogP contribution in [0.4, 0.5) is 5.82 Å². The molecule has 2 N–H and O–H groups in total. The van der Waals surface area contributed by atoms with E-state index in [0.717, 1.165) is 5.82 Å². The van der Waals surface area contributed by atoms with Gasteiger partial charge < -0.3 is 5.32 Å². The fourth-order valence-electron chi connectivity index (χ4n) is 2.53. The highest BCUT2D eigenvalue weighted by atomic mass is 16.1. The molecule has 0 bridgehead atoms. The normalized spacial score (nSPS) is 25.7. The third-order valence-electron chi connectivity index (χ3n) is 3.59. The number of rotatable bonds is 1. The molecule has 4 nitrogen and oxygen atoms in total. The van der Waals surface area contributed by atoms with Crippen LogP contribution in [0.2, 0.25) is 0 Å². The highest BCUT2D eigenvalue weighted by Crippen LogP contribution is 2.42. The van der Waals surface area contributed by atoms with Crippen molar-refractivity contribution >= 4 is 11.7 Å². The summed E-state index contributed by atoms with van der Waals surface area (Å²) in [6.07, 6.45) is 4.43. The summed E-state index contributed by atoms with van der Waals surface area (Å²) in [6, 6.07) is 0. The molecule has 1 atom stereocenters. The summed E-state index contributed by atoms with van der Waals surface area (Å²) in [5.74, 6) is 1.81. The molecule has 0 radical (unpaired) electrons. The lowest BCUT2D eigenvalue weighted by Gasteiger charge is -2.27. The Bertz CT molecular complexity index is 406. The molecule has 2 heterocycles. The molecule has 1 aliphatic carbocycles. The molecule has 0 spiro atoms. The van der Waals surface area contributed by atoms with Crippen molar-refractivity contribution < 1.29 is 4.79 Å². The molecule has 1 amide bonds. The van der Waals surface area contributed by atoms with Gasteiger partial charge in [0, 0.05) is 23.6 Å². The summed E-state index contributed by atoms with van der Waals surface area (Å²) in [6.45, 7) is 2.11. The van der Waals surface area contributed by atoms with Crippen LogP contribution in [0.15, 0.2) is 0 Å². The standard InChI is InChI=1S/C11H15N3O/c1-6-5-8(15)12-11-9(6)10(13-14-11)7-3-2-4-7/h6-7H,2-5H2,1H3,(H2,12,13,14,15)/t6-/m1/s1. The van der Waals surface area contributed by atoms with Crippen LogP contribution in [0.3, 0.4) is 0 Å². The molecular formula is C11H15N3O. The van der Waals surface area contributed by atoms with Gasteiger partial charge in [-0.15, -0.1) is 0 Å². The zero-order chi connectivity index (χ0) is 10.4. The number of nitrogens with zero attached hydrogens (tertiary/aromatic N) is 1. The average Bonchev–Trinajstić information content (AvgIpc) is 2.45. The number of H-pyrrole nitrogens is 1. The molecule has 0 saturated heterocycles. The quantitative estimate of drug-likeness (QED) is 0.737. The molecule has 1 saturated carbocycles. The second-order valence-electron chi connectivity index (χ2n) is 4.68. The number of hydrogen-bond donors (Lipinski definition) is 2. The SMILES string of the molecule is C[C@@H]1CC(=O)Nc2n[nH]c(C3CCC3)c21. The zero-order valence-electron chi connectivity index (χ0n) is 8.84. The minimum absolute atomic E-state index is 0.0849. The van der Waals surface area contributed by atoms with Crippen molar-refractivity contribution in [2.45, 2.75) is 44.4 Å². The first kappa shape index (κ1) is 8.95. The van der Waals surface area contributed by atoms with Gasteiger partial charge in [0.1, 0.15) is 0 Å². The number of nitrogens with one attached hydrogen (secondary N) is 2. The Morgan fingerprint density at radius 2 is 2.20 bits per heavy atom. The van der Waals surface area contributed by atoms with Crippen LogP contribution >= 0.6 is 0 Å². The summed E-state index contributed by atoms with van der Waals surface area (Å²) in [7, 11) is 0. The molecule has 0 aromatic carbocycles.